The van der Waals surface area contributed by atoms with Crippen molar-refractivity contribution in [2.75, 3.05) is 16.8 Å². The standard InChI is InChI=1S/C15H17N3O/c1-3-10(2)18-9-14(19)17-13-8-16-12-7-5-4-6-11(12)15(13)18/h4-8,10H,3,9H2,1-2H3,(H,17,19). The molecular weight excluding hydrogens is 238 g/mol. The summed E-state index contributed by atoms with van der Waals surface area (Å²) in [5.41, 5.74) is 2.88. The minimum Gasteiger partial charge on any atom is -0.357 e. The maximum Gasteiger partial charge on any atom is 0.244 e. The second-order valence-electron chi connectivity index (χ2n) is 4.97. The summed E-state index contributed by atoms with van der Waals surface area (Å²) in [4.78, 5) is 18.4. The molecule has 1 aliphatic heterocycles. The number of rotatable bonds is 2. The molecule has 98 valence electrons. The van der Waals surface area contributed by atoms with Crippen LogP contribution in [0.3, 0.4) is 0 Å². The number of carbonyl (C=O) groups is 1. The first-order valence-corrected chi connectivity index (χ1v) is 6.65. The number of aromatic nitrogens is 1. The van der Waals surface area contributed by atoms with Gasteiger partial charge in [-0.25, -0.2) is 0 Å². The number of nitrogens with zero attached hydrogens (tertiary/aromatic N) is 2. The van der Waals surface area contributed by atoms with E-state index in [1.54, 1.807) is 6.20 Å². The second-order valence-corrected chi connectivity index (χ2v) is 4.97. The number of anilines is 2. The van der Waals surface area contributed by atoms with Crippen LogP contribution in [0.15, 0.2) is 30.5 Å². The Hall–Kier alpha value is -2.10. The highest BCUT2D eigenvalue weighted by molar-refractivity contribution is 6.08. The van der Waals surface area contributed by atoms with E-state index in [0.29, 0.717) is 12.6 Å². The number of nitrogens with one attached hydrogen (secondary N) is 1. The van der Waals surface area contributed by atoms with Gasteiger partial charge in [-0.3, -0.25) is 9.78 Å². The topological polar surface area (TPSA) is 45.2 Å². The van der Waals surface area contributed by atoms with Crippen LogP contribution >= 0.6 is 0 Å². The van der Waals surface area contributed by atoms with Crippen LogP contribution in [0, 0.1) is 0 Å². The largest absolute Gasteiger partial charge is 0.357 e. The molecule has 19 heavy (non-hydrogen) atoms. The van der Waals surface area contributed by atoms with Gasteiger partial charge in [0.2, 0.25) is 5.91 Å². The molecule has 1 unspecified atom stereocenters. The molecule has 0 saturated carbocycles. The number of fused-ring (bicyclic) bond motifs is 3. The zero-order valence-electron chi connectivity index (χ0n) is 11.2. The molecule has 3 rings (SSSR count). The number of pyridine rings is 1. The minimum atomic E-state index is 0.0323. The highest BCUT2D eigenvalue weighted by Crippen LogP contribution is 2.37. The molecule has 0 saturated heterocycles. The van der Waals surface area contributed by atoms with E-state index in [-0.39, 0.29) is 5.91 Å². The Morgan fingerprint density at radius 2 is 2.21 bits per heavy atom. The molecule has 4 heteroatoms. The Bertz CT molecular complexity index is 638. The Morgan fingerprint density at radius 3 is 3.00 bits per heavy atom. The molecule has 0 radical (unpaired) electrons. The first-order chi connectivity index (χ1) is 9.20. The van der Waals surface area contributed by atoms with Gasteiger partial charge in [-0.2, -0.15) is 0 Å². The molecular formula is C15H17N3O. The number of hydrogen-bond donors (Lipinski definition) is 1. The van der Waals surface area contributed by atoms with Gasteiger partial charge in [0.25, 0.3) is 0 Å². The number of carbonyl (C=O) groups excluding carboxylic acids is 1. The van der Waals surface area contributed by atoms with E-state index in [4.69, 9.17) is 0 Å². The number of para-hydroxylation sites is 1. The van der Waals surface area contributed by atoms with Gasteiger partial charge in [0.15, 0.2) is 0 Å². The van der Waals surface area contributed by atoms with Crippen LogP contribution in [0.4, 0.5) is 11.4 Å². The van der Waals surface area contributed by atoms with Crippen LogP contribution in [-0.4, -0.2) is 23.5 Å². The molecule has 0 bridgehead atoms. The van der Waals surface area contributed by atoms with Crippen molar-refractivity contribution in [3.63, 3.8) is 0 Å². The lowest BCUT2D eigenvalue weighted by molar-refractivity contribution is -0.115. The summed E-state index contributed by atoms with van der Waals surface area (Å²) in [5.74, 6) is 0.0323. The van der Waals surface area contributed by atoms with E-state index >= 15 is 0 Å². The van der Waals surface area contributed by atoms with Crippen LogP contribution in [-0.2, 0) is 4.79 Å². The highest BCUT2D eigenvalue weighted by atomic mass is 16.2. The first-order valence-electron chi connectivity index (χ1n) is 6.65. The van der Waals surface area contributed by atoms with E-state index in [0.717, 1.165) is 28.7 Å². The number of benzene rings is 1. The molecule has 2 aromatic rings. The molecule has 0 aliphatic carbocycles. The summed E-state index contributed by atoms with van der Waals surface area (Å²) in [6, 6.07) is 8.39. The molecule has 1 atom stereocenters. The van der Waals surface area contributed by atoms with Crippen molar-refractivity contribution in [1.29, 1.82) is 0 Å². The first kappa shape index (κ1) is 12.0. The van der Waals surface area contributed by atoms with Gasteiger partial charge in [-0.05, 0) is 19.4 Å². The fourth-order valence-corrected chi connectivity index (χ4v) is 2.55. The van der Waals surface area contributed by atoms with Crippen LogP contribution in [0.25, 0.3) is 10.9 Å². The van der Waals surface area contributed by atoms with Gasteiger partial charge in [-0.15, -0.1) is 0 Å². The Labute approximate surface area is 112 Å². The van der Waals surface area contributed by atoms with Crippen LogP contribution in [0.2, 0.25) is 0 Å². The zero-order chi connectivity index (χ0) is 13.4. The molecule has 1 amide bonds. The van der Waals surface area contributed by atoms with Crippen LogP contribution < -0.4 is 10.2 Å². The fourth-order valence-electron chi connectivity index (χ4n) is 2.55. The predicted molar refractivity (Wildman–Crippen MR) is 77.5 cm³/mol. The van der Waals surface area contributed by atoms with E-state index < -0.39 is 0 Å². The Kier molecular flexibility index (Phi) is 2.85. The lowest BCUT2D eigenvalue weighted by atomic mass is 10.1. The van der Waals surface area contributed by atoms with Crippen molar-refractivity contribution in [2.24, 2.45) is 0 Å². The van der Waals surface area contributed by atoms with E-state index in [2.05, 4.69) is 35.1 Å². The summed E-state index contributed by atoms with van der Waals surface area (Å²) >= 11 is 0. The maximum absolute atomic E-state index is 11.8. The summed E-state index contributed by atoms with van der Waals surface area (Å²) < 4.78 is 0. The van der Waals surface area contributed by atoms with Gasteiger partial charge in [-0.1, -0.05) is 25.1 Å². The third kappa shape index (κ3) is 1.93. The highest BCUT2D eigenvalue weighted by Gasteiger charge is 2.27. The lowest BCUT2D eigenvalue weighted by Gasteiger charge is -2.36. The summed E-state index contributed by atoms with van der Waals surface area (Å²) in [7, 11) is 0. The summed E-state index contributed by atoms with van der Waals surface area (Å²) in [6.45, 7) is 4.70. The van der Waals surface area contributed by atoms with Crippen LogP contribution in [0.5, 0.6) is 0 Å². The molecule has 1 aromatic heterocycles. The number of hydrogen-bond acceptors (Lipinski definition) is 3. The van der Waals surface area contributed by atoms with Crippen LogP contribution in [0.1, 0.15) is 20.3 Å². The van der Waals surface area contributed by atoms with Crippen molar-refractivity contribution in [2.45, 2.75) is 26.3 Å². The monoisotopic (exact) mass is 255 g/mol. The van der Waals surface area contributed by atoms with Gasteiger partial charge < -0.3 is 10.2 Å². The average Bonchev–Trinajstić information content (AvgIpc) is 2.45. The lowest BCUT2D eigenvalue weighted by Crippen LogP contribution is -2.43. The van der Waals surface area contributed by atoms with Crippen molar-refractivity contribution in [1.82, 2.24) is 4.98 Å². The van der Waals surface area contributed by atoms with E-state index in [9.17, 15) is 4.79 Å². The quantitative estimate of drug-likeness (QED) is 0.897. The maximum atomic E-state index is 11.8. The molecule has 4 nitrogen and oxygen atoms in total. The molecule has 1 N–H and O–H groups in total. The second kappa shape index (κ2) is 4.53. The molecule has 1 aromatic carbocycles. The summed E-state index contributed by atoms with van der Waals surface area (Å²) in [6.07, 6.45) is 2.76. The van der Waals surface area contributed by atoms with Gasteiger partial charge in [0.1, 0.15) is 0 Å². The third-order valence-corrected chi connectivity index (χ3v) is 3.75. The van der Waals surface area contributed by atoms with Gasteiger partial charge in [0, 0.05) is 11.4 Å². The van der Waals surface area contributed by atoms with E-state index in [1.807, 2.05) is 18.2 Å². The van der Waals surface area contributed by atoms with Gasteiger partial charge in [0.05, 0.1) is 29.6 Å². The van der Waals surface area contributed by atoms with Crippen molar-refractivity contribution >= 4 is 28.2 Å². The minimum absolute atomic E-state index is 0.0323. The Morgan fingerprint density at radius 1 is 1.42 bits per heavy atom. The van der Waals surface area contributed by atoms with Gasteiger partial charge >= 0.3 is 0 Å². The third-order valence-electron chi connectivity index (χ3n) is 3.75. The molecule has 2 heterocycles. The zero-order valence-corrected chi connectivity index (χ0v) is 11.2. The number of amides is 1. The van der Waals surface area contributed by atoms with Crippen molar-refractivity contribution in [3.05, 3.63) is 30.5 Å². The normalized spacial score (nSPS) is 16.1. The van der Waals surface area contributed by atoms with Crippen molar-refractivity contribution < 1.29 is 4.79 Å². The van der Waals surface area contributed by atoms with Crippen molar-refractivity contribution in [3.8, 4) is 0 Å². The predicted octanol–water partition coefficient (Wildman–Crippen LogP) is 2.79. The SMILES string of the molecule is CCC(C)N1CC(=O)Nc2cnc3ccccc3c21. The average molecular weight is 255 g/mol. The fraction of sp³-hybridized carbons (Fsp3) is 0.333. The summed E-state index contributed by atoms with van der Waals surface area (Å²) in [5, 5.41) is 4.02. The molecule has 1 aliphatic rings. The smallest absolute Gasteiger partial charge is 0.244 e. The Balaban J connectivity index is 2.24. The van der Waals surface area contributed by atoms with E-state index in [1.165, 1.54) is 0 Å². The molecule has 0 fully saturated rings. The molecule has 0 spiro atoms.